The molecule has 1 heterocycles. The van der Waals surface area contributed by atoms with Crippen LogP contribution in [0.25, 0.3) is 17.0 Å². The monoisotopic (exact) mass is 334 g/mol. The highest BCUT2D eigenvalue weighted by atomic mass is 15.0. The van der Waals surface area contributed by atoms with Crippen molar-refractivity contribution in [1.82, 2.24) is 4.57 Å². The molecule has 0 amide bonds. The summed E-state index contributed by atoms with van der Waals surface area (Å²) in [7, 11) is 0. The Kier molecular flexibility index (Phi) is 4.75. The molecule has 1 atom stereocenters. The third-order valence-electron chi connectivity index (χ3n) is 5.76. The van der Waals surface area contributed by atoms with Gasteiger partial charge in [0.25, 0.3) is 0 Å². The first-order valence-electron chi connectivity index (χ1n) is 9.28. The summed E-state index contributed by atoms with van der Waals surface area (Å²) in [6, 6.07) is 8.81. The van der Waals surface area contributed by atoms with Crippen LogP contribution in [0.2, 0.25) is 0 Å². The second-order valence-corrected chi connectivity index (χ2v) is 7.62. The van der Waals surface area contributed by atoms with Gasteiger partial charge in [-0.2, -0.15) is 0 Å². The van der Waals surface area contributed by atoms with Crippen LogP contribution >= 0.6 is 0 Å². The Balaban J connectivity index is 2.17. The quantitative estimate of drug-likeness (QED) is 0.789. The number of benzene rings is 1. The molecule has 132 valence electrons. The summed E-state index contributed by atoms with van der Waals surface area (Å²) in [6.07, 6.45) is 9.87. The zero-order valence-electron chi connectivity index (χ0n) is 16.1. The topological polar surface area (TPSA) is 30.9 Å². The molecule has 0 saturated carbocycles. The fourth-order valence-electron chi connectivity index (χ4n) is 4.04. The smallest absolute Gasteiger partial charge is 0.0491 e. The van der Waals surface area contributed by atoms with Gasteiger partial charge in [-0.3, -0.25) is 0 Å². The van der Waals surface area contributed by atoms with Gasteiger partial charge in [0, 0.05) is 40.2 Å². The van der Waals surface area contributed by atoms with Gasteiger partial charge in [-0.15, -0.1) is 0 Å². The maximum atomic E-state index is 6.51. The molecule has 0 aliphatic heterocycles. The lowest BCUT2D eigenvalue weighted by atomic mass is 9.72. The van der Waals surface area contributed by atoms with Gasteiger partial charge in [-0.05, 0) is 31.9 Å². The number of hydrogen-bond acceptors (Lipinski definition) is 1. The Bertz CT molecular complexity index is 875. The van der Waals surface area contributed by atoms with Crippen molar-refractivity contribution in [3.8, 4) is 0 Å². The van der Waals surface area contributed by atoms with E-state index in [1.807, 2.05) is 0 Å². The minimum Gasteiger partial charge on any atom is -0.340 e. The first-order chi connectivity index (χ1) is 11.9. The minimum atomic E-state index is -0.0318. The van der Waals surface area contributed by atoms with Gasteiger partial charge in [0.1, 0.15) is 0 Å². The predicted octanol–water partition coefficient (Wildman–Crippen LogP) is 5.48. The number of nitrogens with zero attached hydrogens (tertiary/aromatic N) is 1. The largest absolute Gasteiger partial charge is 0.340 e. The lowest BCUT2D eigenvalue weighted by Crippen LogP contribution is -2.42. The standard InChI is InChI=1S/C23H30N2/c1-6-10-18-19-11-8-9-12-21(19)25(20(18)7-2)15-17-14-13-16(3)22(24)23(17,4)5/h6,8-14,22H,7,15,24H2,1-5H3/b10-6-. The van der Waals surface area contributed by atoms with Crippen LogP contribution in [0.5, 0.6) is 0 Å². The molecule has 1 aliphatic rings. The molecule has 2 nitrogen and oxygen atoms in total. The van der Waals surface area contributed by atoms with E-state index in [4.69, 9.17) is 5.73 Å². The highest BCUT2D eigenvalue weighted by Gasteiger charge is 2.34. The van der Waals surface area contributed by atoms with Crippen LogP contribution in [0.15, 0.2) is 53.6 Å². The minimum absolute atomic E-state index is 0.0318. The Morgan fingerprint density at radius 1 is 1.20 bits per heavy atom. The second kappa shape index (κ2) is 6.68. The lowest BCUT2D eigenvalue weighted by molar-refractivity contribution is 0.358. The van der Waals surface area contributed by atoms with Gasteiger partial charge in [0.2, 0.25) is 0 Å². The van der Waals surface area contributed by atoms with Gasteiger partial charge >= 0.3 is 0 Å². The SMILES string of the molecule is C/C=C\c1c(CC)n(CC2=CC=C(C)C(N)C2(C)C)c2ccccc12. The Hall–Kier alpha value is -2.06. The highest BCUT2D eigenvalue weighted by molar-refractivity contribution is 5.91. The Morgan fingerprint density at radius 2 is 1.92 bits per heavy atom. The van der Waals surface area contributed by atoms with Crippen molar-refractivity contribution in [2.24, 2.45) is 11.1 Å². The fourth-order valence-corrected chi connectivity index (χ4v) is 4.04. The van der Waals surface area contributed by atoms with Crippen molar-refractivity contribution < 1.29 is 0 Å². The van der Waals surface area contributed by atoms with E-state index < -0.39 is 0 Å². The van der Waals surface area contributed by atoms with Gasteiger partial charge < -0.3 is 10.3 Å². The fraction of sp³-hybridized carbons (Fsp3) is 0.391. The van der Waals surface area contributed by atoms with Crippen LogP contribution in [0, 0.1) is 5.41 Å². The van der Waals surface area contributed by atoms with E-state index in [1.54, 1.807) is 0 Å². The second-order valence-electron chi connectivity index (χ2n) is 7.62. The molecular formula is C23H30N2. The first-order valence-corrected chi connectivity index (χ1v) is 9.28. The Morgan fingerprint density at radius 3 is 2.60 bits per heavy atom. The number of nitrogens with two attached hydrogens (primary N) is 1. The van der Waals surface area contributed by atoms with Crippen molar-refractivity contribution in [1.29, 1.82) is 0 Å². The van der Waals surface area contributed by atoms with Gasteiger partial charge in [0.15, 0.2) is 0 Å². The van der Waals surface area contributed by atoms with E-state index in [1.165, 1.54) is 33.3 Å². The number of aromatic nitrogens is 1. The summed E-state index contributed by atoms with van der Waals surface area (Å²) in [4.78, 5) is 0. The van der Waals surface area contributed by atoms with Gasteiger partial charge in [0.05, 0.1) is 0 Å². The van der Waals surface area contributed by atoms with Crippen molar-refractivity contribution in [3.05, 3.63) is 64.9 Å². The van der Waals surface area contributed by atoms with Crippen LogP contribution in [0.1, 0.15) is 45.9 Å². The van der Waals surface area contributed by atoms with Gasteiger partial charge in [-0.1, -0.05) is 68.8 Å². The van der Waals surface area contributed by atoms with Crippen molar-refractivity contribution >= 4 is 17.0 Å². The van der Waals surface area contributed by atoms with E-state index in [0.29, 0.717) is 0 Å². The number of allylic oxidation sites excluding steroid dienone is 3. The van der Waals surface area contributed by atoms with Crippen molar-refractivity contribution in [2.75, 3.05) is 0 Å². The molecule has 0 spiro atoms. The number of hydrogen-bond donors (Lipinski definition) is 1. The average molecular weight is 335 g/mol. The van der Waals surface area contributed by atoms with Crippen LogP contribution in [0.4, 0.5) is 0 Å². The number of para-hydroxylation sites is 1. The molecular weight excluding hydrogens is 304 g/mol. The maximum absolute atomic E-state index is 6.51. The lowest BCUT2D eigenvalue weighted by Gasteiger charge is -2.38. The molecule has 2 heteroatoms. The molecule has 3 rings (SSSR count). The van der Waals surface area contributed by atoms with Crippen molar-refractivity contribution in [2.45, 2.75) is 53.6 Å². The summed E-state index contributed by atoms with van der Waals surface area (Å²) in [5.41, 5.74) is 13.2. The van der Waals surface area contributed by atoms with Crippen LogP contribution in [0.3, 0.4) is 0 Å². The van der Waals surface area contributed by atoms with E-state index in [2.05, 4.69) is 87.8 Å². The summed E-state index contributed by atoms with van der Waals surface area (Å²) in [5, 5.41) is 1.34. The average Bonchev–Trinajstić information content (AvgIpc) is 2.89. The maximum Gasteiger partial charge on any atom is 0.0491 e. The Labute approximate surface area is 151 Å². The molecule has 0 bridgehead atoms. The van der Waals surface area contributed by atoms with E-state index in [9.17, 15) is 0 Å². The normalized spacial score (nSPS) is 20.2. The zero-order valence-corrected chi connectivity index (χ0v) is 16.1. The van der Waals surface area contributed by atoms with Gasteiger partial charge in [-0.25, -0.2) is 0 Å². The molecule has 25 heavy (non-hydrogen) atoms. The highest BCUT2D eigenvalue weighted by Crippen LogP contribution is 2.38. The number of fused-ring (bicyclic) bond motifs is 1. The summed E-state index contributed by atoms with van der Waals surface area (Å²) in [5.74, 6) is 0. The molecule has 1 aromatic carbocycles. The molecule has 0 radical (unpaired) electrons. The summed E-state index contributed by atoms with van der Waals surface area (Å²) in [6.45, 7) is 11.9. The third-order valence-corrected chi connectivity index (χ3v) is 5.76. The third kappa shape index (κ3) is 2.89. The van der Waals surface area contributed by atoms with Crippen LogP contribution in [-0.4, -0.2) is 10.6 Å². The van der Waals surface area contributed by atoms with E-state index in [0.717, 1.165) is 13.0 Å². The summed E-state index contributed by atoms with van der Waals surface area (Å²) >= 11 is 0. The predicted molar refractivity (Wildman–Crippen MR) is 110 cm³/mol. The zero-order chi connectivity index (χ0) is 18.2. The molecule has 2 aromatic rings. The molecule has 1 aliphatic carbocycles. The van der Waals surface area contributed by atoms with Crippen molar-refractivity contribution in [3.63, 3.8) is 0 Å². The molecule has 2 N–H and O–H groups in total. The van der Waals surface area contributed by atoms with Crippen LogP contribution in [-0.2, 0) is 13.0 Å². The molecule has 1 unspecified atom stereocenters. The van der Waals surface area contributed by atoms with E-state index >= 15 is 0 Å². The summed E-state index contributed by atoms with van der Waals surface area (Å²) < 4.78 is 2.49. The molecule has 0 fully saturated rings. The van der Waals surface area contributed by atoms with E-state index in [-0.39, 0.29) is 11.5 Å². The number of rotatable bonds is 4. The first kappa shape index (κ1) is 17.8. The molecule has 0 saturated heterocycles. The molecule has 1 aromatic heterocycles. The van der Waals surface area contributed by atoms with Crippen LogP contribution < -0.4 is 5.73 Å².